The molecule has 0 atom stereocenters. The second-order valence-corrected chi connectivity index (χ2v) is 5.34. The van der Waals surface area contributed by atoms with Crippen molar-refractivity contribution < 1.29 is 9.53 Å². The third-order valence-electron chi connectivity index (χ3n) is 3.53. The van der Waals surface area contributed by atoms with Gasteiger partial charge < -0.3 is 9.64 Å². The van der Waals surface area contributed by atoms with Gasteiger partial charge in [0.25, 0.3) is 0 Å². The van der Waals surface area contributed by atoms with Crippen LogP contribution in [0.1, 0.15) is 11.3 Å². The third-order valence-corrected chi connectivity index (χ3v) is 3.53. The predicted octanol–water partition coefficient (Wildman–Crippen LogP) is 2.69. The van der Waals surface area contributed by atoms with Gasteiger partial charge in [0.15, 0.2) is 0 Å². The molecule has 3 rings (SSSR count). The van der Waals surface area contributed by atoms with Crippen molar-refractivity contribution >= 4 is 12.0 Å². The predicted molar refractivity (Wildman–Crippen MR) is 85.4 cm³/mol. The molecule has 0 spiro atoms. The molecule has 1 aromatic carbocycles. The van der Waals surface area contributed by atoms with Gasteiger partial charge in [-0.2, -0.15) is 0 Å². The Hall–Kier alpha value is -2.62. The maximum absolute atomic E-state index is 12.0. The highest BCUT2D eigenvalue weighted by atomic mass is 16.5. The fraction of sp³-hybridized carbons (Fsp3) is 0.222. The Morgan fingerprint density at radius 1 is 1.18 bits per heavy atom. The highest BCUT2D eigenvalue weighted by Crippen LogP contribution is 2.17. The molecular weight excluding hydrogens is 276 g/mol. The molecule has 2 heterocycles. The number of hydrogen-bond acceptors (Lipinski definition) is 3. The van der Waals surface area contributed by atoms with E-state index in [0.717, 1.165) is 11.3 Å². The van der Waals surface area contributed by atoms with Crippen LogP contribution < -0.4 is 4.74 Å². The van der Waals surface area contributed by atoms with Crippen LogP contribution in [0.2, 0.25) is 0 Å². The topological polar surface area (TPSA) is 42.4 Å². The summed E-state index contributed by atoms with van der Waals surface area (Å²) in [6, 6.07) is 15.5. The summed E-state index contributed by atoms with van der Waals surface area (Å²) in [5.41, 5.74) is 1.95. The molecule has 1 aliphatic heterocycles. The Morgan fingerprint density at radius 2 is 1.95 bits per heavy atom. The number of nitrogens with zero attached hydrogens (tertiary/aromatic N) is 2. The molecule has 4 nitrogen and oxygen atoms in total. The van der Waals surface area contributed by atoms with Crippen molar-refractivity contribution in [3.63, 3.8) is 0 Å². The first-order chi connectivity index (χ1) is 10.7. The highest BCUT2D eigenvalue weighted by molar-refractivity contribution is 5.92. The summed E-state index contributed by atoms with van der Waals surface area (Å²) in [4.78, 5) is 18.1. The molecule has 1 saturated heterocycles. The highest BCUT2D eigenvalue weighted by Gasteiger charge is 2.31. The van der Waals surface area contributed by atoms with E-state index in [9.17, 15) is 4.79 Å². The number of hydrogen-bond donors (Lipinski definition) is 0. The van der Waals surface area contributed by atoms with Crippen LogP contribution in [0.5, 0.6) is 5.88 Å². The second-order valence-electron chi connectivity index (χ2n) is 5.34. The summed E-state index contributed by atoms with van der Waals surface area (Å²) in [6.45, 7) is 3.14. The first kappa shape index (κ1) is 14.3. The Morgan fingerprint density at radius 3 is 2.68 bits per heavy atom. The van der Waals surface area contributed by atoms with E-state index in [1.807, 2.05) is 61.5 Å². The van der Waals surface area contributed by atoms with Gasteiger partial charge in [-0.25, -0.2) is 4.98 Å². The van der Waals surface area contributed by atoms with Crippen molar-refractivity contribution in [2.45, 2.75) is 13.0 Å². The van der Waals surface area contributed by atoms with Gasteiger partial charge in [0.05, 0.1) is 13.1 Å². The number of aromatic nitrogens is 1. The number of amides is 1. The quantitative estimate of drug-likeness (QED) is 0.814. The van der Waals surface area contributed by atoms with Crippen LogP contribution in [0.4, 0.5) is 0 Å². The first-order valence-electron chi connectivity index (χ1n) is 7.33. The Balaban J connectivity index is 1.48. The number of ether oxygens (including phenoxy) is 1. The van der Waals surface area contributed by atoms with Crippen LogP contribution >= 0.6 is 0 Å². The minimum absolute atomic E-state index is 0.0147. The van der Waals surface area contributed by atoms with Gasteiger partial charge >= 0.3 is 0 Å². The summed E-state index contributed by atoms with van der Waals surface area (Å²) in [7, 11) is 0. The van der Waals surface area contributed by atoms with Crippen molar-refractivity contribution in [3.05, 3.63) is 65.9 Å². The summed E-state index contributed by atoms with van der Waals surface area (Å²) in [5, 5.41) is 0. The second kappa shape index (κ2) is 6.43. The number of aryl methyl sites for hydroxylation is 1. The molecule has 1 amide bonds. The van der Waals surface area contributed by atoms with E-state index in [1.165, 1.54) is 0 Å². The van der Waals surface area contributed by atoms with E-state index in [1.54, 1.807) is 11.0 Å². The van der Waals surface area contributed by atoms with Gasteiger partial charge in [-0.05, 0) is 24.6 Å². The number of carbonyl (C=O) groups is 1. The molecule has 4 heteroatoms. The zero-order valence-electron chi connectivity index (χ0n) is 12.5. The van der Waals surface area contributed by atoms with E-state index >= 15 is 0 Å². The van der Waals surface area contributed by atoms with Crippen molar-refractivity contribution in [1.29, 1.82) is 0 Å². The molecule has 0 aliphatic carbocycles. The lowest BCUT2D eigenvalue weighted by atomic mass is 10.1. The minimum Gasteiger partial charge on any atom is -0.471 e. The first-order valence-corrected chi connectivity index (χ1v) is 7.33. The van der Waals surface area contributed by atoms with Gasteiger partial charge in [0, 0.05) is 17.8 Å². The number of likely N-dealkylation sites (tertiary alicyclic amines) is 1. The van der Waals surface area contributed by atoms with E-state index in [2.05, 4.69) is 4.98 Å². The molecule has 2 aromatic rings. The molecule has 1 aliphatic rings. The standard InChI is InChI=1S/C18H18N2O2/c1-14-6-5-9-17(19-14)22-16-12-20(13-16)18(21)11-10-15-7-3-2-4-8-15/h2-11,16H,12-13H2,1H3/b11-10+. The average Bonchev–Trinajstić information content (AvgIpc) is 2.49. The molecule has 0 N–H and O–H groups in total. The molecule has 0 saturated carbocycles. The van der Waals surface area contributed by atoms with Crippen LogP contribution in [0.15, 0.2) is 54.6 Å². The SMILES string of the molecule is Cc1cccc(OC2CN(C(=O)/C=C/c3ccccc3)C2)n1. The fourth-order valence-electron chi connectivity index (χ4n) is 2.28. The van der Waals surface area contributed by atoms with Gasteiger partial charge in [-0.15, -0.1) is 0 Å². The largest absolute Gasteiger partial charge is 0.471 e. The van der Waals surface area contributed by atoms with Crippen molar-refractivity contribution in [3.8, 4) is 5.88 Å². The zero-order valence-corrected chi connectivity index (χ0v) is 12.5. The van der Waals surface area contributed by atoms with Crippen LogP contribution in [0.25, 0.3) is 6.08 Å². The average molecular weight is 294 g/mol. The van der Waals surface area contributed by atoms with E-state index in [4.69, 9.17) is 4.74 Å². The molecule has 0 bridgehead atoms. The summed E-state index contributed by atoms with van der Waals surface area (Å²) in [5.74, 6) is 0.637. The summed E-state index contributed by atoms with van der Waals surface area (Å²) >= 11 is 0. The summed E-state index contributed by atoms with van der Waals surface area (Å²) in [6.07, 6.45) is 3.47. The molecule has 22 heavy (non-hydrogen) atoms. The minimum atomic E-state index is 0.0147. The van der Waals surface area contributed by atoms with E-state index < -0.39 is 0 Å². The molecule has 112 valence electrons. The molecule has 1 fully saturated rings. The lowest BCUT2D eigenvalue weighted by molar-refractivity contribution is -0.134. The van der Waals surface area contributed by atoms with Gasteiger partial charge in [0.1, 0.15) is 6.10 Å². The van der Waals surface area contributed by atoms with Crippen molar-refractivity contribution in [2.75, 3.05) is 13.1 Å². The van der Waals surface area contributed by atoms with Crippen LogP contribution in [0.3, 0.4) is 0 Å². The summed E-state index contributed by atoms with van der Waals surface area (Å²) < 4.78 is 5.75. The monoisotopic (exact) mass is 294 g/mol. The van der Waals surface area contributed by atoms with E-state index in [0.29, 0.717) is 19.0 Å². The number of pyridine rings is 1. The van der Waals surface area contributed by atoms with Crippen LogP contribution in [-0.4, -0.2) is 35.0 Å². The van der Waals surface area contributed by atoms with Gasteiger partial charge in [0.2, 0.25) is 11.8 Å². The Bertz CT molecular complexity index is 676. The lowest BCUT2D eigenvalue weighted by Crippen LogP contribution is -2.55. The maximum atomic E-state index is 12.0. The zero-order chi connectivity index (χ0) is 15.4. The molecule has 0 unspecified atom stereocenters. The fourth-order valence-corrected chi connectivity index (χ4v) is 2.28. The maximum Gasteiger partial charge on any atom is 0.246 e. The smallest absolute Gasteiger partial charge is 0.246 e. The molecular formula is C18H18N2O2. The molecule has 0 radical (unpaired) electrons. The van der Waals surface area contributed by atoms with Gasteiger partial charge in [-0.1, -0.05) is 36.4 Å². The third kappa shape index (κ3) is 3.52. The van der Waals surface area contributed by atoms with E-state index in [-0.39, 0.29) is 12.0 Å². The lowest BCUT2D eigenvalue weighted by Gasteiger charge is -2.38. The van der Waals surface area contributed by atoms with Crippen LogP contribution in [-0.2, 0) is 4.79 Å². The normalized spacial score (nSPS) is 14.9. The molecule has 1 aromatic heterocycles. The number of carbonyl (C=O) groups excluding carboxylic acids is 1. The van der Waals surface area contributed by atoms with Crippen molar-refractivity contribution in [1.82, 2.24) is 9.88 Å². The number of rotatable bonds is 4. The number of benzene rings is 1. The van der Waals surface area contributed by atoms with Crippen LogP contribution in [0, 0.1) is 6.92 Å². The Labute approximate surface area is 130 Å². The Kier molecular flexibility index (Phi) is 4.19. The van der Waals surface area contributed by atoms with Crippen molar-refractivity contribution in [2.24, 2.45) is 0 Å². The van der Waals surface area contributed by atoms with Gasteiger partial charge in [-0.3, -0.25) is 4.79 Å².